The van der Waals surface area contributed by atoms with Crippen LogP contribution in [0.3, 0.4) is 0 Å². The Bertz CT molecular complexity index is 183. The fourth-order valence-corrected chi connectivity index (χ4v) is 0.532. The minimum Gasteiger partial charge on any atom is -0.495 e. The number of methoxy groups -OCH3 is 1. The van der Waals surface area contributed by atoms with Crippen molar-refractivity contribution in [3.05, 3.63) is 18.5 Å². The molecule has 0 fully saturated rings. The van der Waals surface area contributed by atoms with Crippen LogP contribution in [0, 0.1) is 0 Å². The molecule has 0 aliphatic heterocycles. The summed E-state index contributed by atoms with van der Waals surface area (Å²) in [6.45, 7) is 0. The van der Waals surface area contributed by atoms with Crippen molar-refractivity contribution < 1.29 is 9.42 Å². The van der Waals surface area contributed by atoms with Crippen LogP contribution in [0.25, 0.3) is 0 Å². The lowest BCUT2D eigenvalue weighted by molar-refractivity contribution is -0.730. The first-order valence-corrected chi connectivity index (χ1v) is 2.69. The Morgan fingerprint density at radius 2 is 2.44 bits per heavy atom. The van der Waals surface area contributed by atoms with Crippen molar-refractivity contribution in [3.63, 3.8) is 0 Å². The van der Waals surface area contributed by atoms with E-state index >= 15 is 0 Å². The standard InChI is InChI=1S/C6H9N2O/c1-8-4-3-6(9-2)5-7-8/h3-5H,1-2H3/q+1. The van der Waals surface area contributed by atoms with Crippen molar-refractivity contribution in [2.24, 2.45) is 7.05 Å². The van der Waals surface area contributed by atoms with Crippen molar-refractivity contribution in [1.82, 2.24) is 5.10 Å². The van der Waals surface area contributed by atoms with Crippen LogP contribution < -0.4 is 9.42 Å². The molecule has 0 aliphatic rings. The summed E-state index contributed by atoms with van der Waals surface area (Å²) in [6.07, 6.45) is 3.50. The number of nitrogens with zero attached hydrogens (tertiary/aromatic N) is 2. The lowest BCUT2D eigenvalue weighted by atomic mass is 10.5. The fraction of sp³-hybridized carbons (Fsp3) is 0.333. The summed E-state index contributed by atoms with van der Waals surface area (Å²) < 4.78 is 6.60. The molecule has 1 heterocycles. The van der Waals surface area contributed by atoms with Gasteiger partial charge in [0, 0.05) is 6.07 Å². The van der Waals surface area contributed by atoms with E-state index in [-0.39, 0.29) is 0 Å². The molecule has 48 valence electrons. The van der Waals surface area contributed by atoms with Gasteiger partial charge >= 0.3 is 0 Å². The van der Waals surface area contributed by atoms with Gasteiger partial charge in [-0.25, -0.2) is 0 Å². The van der Waals surface area contributed by atoms with E-state index in [0.29, 0.717) is 0 Å². The van der Waals surface area contributed by atoms with Gasteiger partial charge in [-0.15, -0.1) is 0 Å². The lowest BCUT2D eigenvalue weighted by Crippen LogP contribution is -2.31. The zero-order valence-electron chi connectivity index (χ0n) is 5.53. The first kappa shape index (κ1) is 6.01. The number of aromatic nitrogens is 2. The smallest absolute Gasteiger partial charge is 0.199 e. The minimum absolute atomic E-state index is 0.785. The van der Waals surface area contributed by atoms with Crippen LogP contribution >= 0.6 is 0 Å². The summed E-state index contributed by atoms with van der Waals surface area (Å²) in [5.74, 6) is 0.785. The molecule has 0 spiro atoms. The van der Waals surface area contributed by atoms with Gasteiger partial charge in [0.2, 0.25) is 0 Å². The Labute approximate surface area is 53.9 Å². The highest BCUT2D eigenvalue weighted by Crippen LogP contribution is 2.00. The molecule has 3 heteroatoms. The fourth-order valence-electron chi connectivity index (χ4n) is 0.532. The van der Waals surface area contributed by atoms with Crippen molar-refractivity contribution in [2.45, 2.75) is 0 Å². The van der Waals surface area contributed by atoms with Crippen LogP contribution in [0.4, 0.5) is 0 Å². The summed E-state index contributed by atoms with van der Waals surface area (Å²) in [7, 11) is 3.48. The molecule has 0 bridgehead atoms. The maximum Gasteiger partial charge on any atom is 0.199 e. The summed E-state index contributed by atoms with van der Waals surface area (Å²) in [6, 6.07) is 1.85. The van der Waals surface area contributed by atoms with E-state index in [1.807, 2.05) is 19.3 Å². The first-order valence-electron chi connectivity index (χ1n) is 2.69. The van der Waals surface area contributed by atoms with E-state index in [9.17, 15) is 0 Å². The molecule has 1 aromatic heterocycles. The molecule has 1 rings (SSSR count). The van der Waals surface area contributed by atoms with Gasteiger partial charge < -0.3 is 4.74 Å². The quantitative estimate of drug-likeness (QED) is 0.490. The van der Waals surface area contributed by atoms with Crippen LogP contribution in [0.15, 0.2) is 18.5 Å². The molecule has 0 saturated carbocycles. The number of ether oxygens (including phenoxy) is 1. The highest BCUT2D eigenvalue weighted by atomic mass is 16.5. The van der Waals surface area contributed by atoms with E-state index in [1.165, 1.54) is 0 Å². The topological polar surface area (TPSA) is 26.0 Å². The highest BCUT2D eigenvalue weighted by molar-refractivity contribution is 5.10. The third-order valence-electron chi connectivity index (χ3n) is 1.06. The zero-order valence-corrected chi connectivity index (χ0v) is 5.53. The second-order valence-corrected chi connectivity index (χ2v) is 1.74. The average molecular weight is 125 g/mol. The molecule has 0 aliphatic carbocycles. The third-order valence-corrected chi connectivity index (χ3v) is 1.06. The van der Waals surface area contributed by atoms with Crippen molar-refractivity contribution in [2.75, 3.05) is 7.11 Å². The minimum atomic E-state index is 0.785. The number of rotatable bonds is 1. The van der Waals surface area contributed by atoms with Crippen molar-refractivity contribution in [1.29, 1.82) is 0 Å². The molecule has 1 aromatic rings. The van der Waals surface area contributed by atoms with Crippen LogP contribution in [-0.4, -0.2) is 12.2 Å². The van der Waals surface area contributed by atoms with E-state index in [2.05, 4.69) is 5.10 Å². The molecule has 0 aromatic carbocycles. The average Bonchev–Trinajstić information content (AvgIpc) is 1.90. The van der Waals surface area contributed by atoms with Crippen molar-refractivity contribution >= 4 is 0 Å². The second-order valence-electron chi connectivity index (χ2n) is 1.74. The summed E-state index contributed by atoms with van der Waals surface area (Å²) in [5.41, 5.74) is 0. The maximum atomic E-state index is 4.89. The molecule has 0 saturated heterocycles. The SMILES string of the molecule is COc1cc[n+](C)nc1. The predicted molar refractivity (Wildman–Crippen MR) is 32.0 cm³/mol. The van der Waals surface area contributed by atoms with E-state index in [1.54, 1.807) is 18.0 Å². The molecule has 0 N–H and O–H groups in total. The Balaban J connectivity index is 2.88. The number of hydrogen-bond acceptors (Lipinski definition) is 2. The van der Waals surface area contributed by atoms with Crippen LogP contribution in [0.2, 0.25) is 0 Å². The Morgan fingerprint density at radius 1 is 1.67 bits per heavy atom. The first-order chi connectivity index (χ1) is 4.33. The maximum absolute atomic E-state index is 4.89. The molecule has 9 heavy (non-hydrogen) atoms. The van der Waals surface area contributed by atoms with Gasteiger partial charge in [-0.1, -0.05) is 4.68 Å². The Kier molecular flexibility index (Phi) is 1.63. The normalized spacial score (nSPS) is 9.11. The molecule has 0 radical (unpaired) electrons. The van der Waals surface area contributed by atoms with Gasteiger partial charge in [-0.3, -0.25) is 0 Å². The van der Waals surface area contributed by atoms with Crippen molar-refractivity contribution in [3.8, 4) is 5.75 Å². The Morgan fingerprint density at radius 3 is 2.89 bits per heavy atom. The molecule has 0 atom stereocenters. The van der Waals surface area contributed by atoms with Gasteiger partial charge in [0.1, 0.15) is 11.9 Å². The van der Waals surface area contributed by atoms with E-state index in [4.69, 9.17) is 4.74 Å². The van der Waals surface area contributed by atoms with Crippen LogP contribution in [0.5, 0.6) is 5.75 Å². The zero-order chi connectivity index (χ0) is 6.69. The number of hydrogen-bond donors (Lipinski definition) is 0. The van der Waals surface area contributed by atoms with Crippen LogP contribution in [-0.2, 0) is 7.05 Å². The van der Waals surface area contributed by atoms with Gasteiger partial charge in [-0.05, 0) is 5.10 Å². The Hall–Kier alpha value is -1.12. The second kappa shape index (κ2) is 2.44. The molecular weight excluding hydrogens is 116 g/mol. The molecular formula is C6H9N2O+. The summed E-state index contributed by atoms with van der Waals surface area (Å²) in [5, 5.41) is 3.94. The molecule has 0 unspecified atom stereocenters. The summed E-state index contributed by atoms with van der Waals surface area (Å²) in [4.78, 5) is 0. The van der Waals surface area contributed by atoms with E-state index in [0.717, 1.165) is 5.75 Å². The lowest BCUT2D eigenvalue weighted by Gasteiger charge is -1.92. The van der Waals surface area contributed by atoms with Gasteiger partial charge in [-0.2, -0.15) is 0 Å². The number of aryl methyl sites for hydroxylation is 1. The largest absolute Gasteiger partial charge is 0.495 e. The van der Waals surface area contributed by atoms with Gasteiger partial charge in [0.05, 0.1) is 7.11 Å². The van der Waals surface area contributed by atoms with Gasteiger partial charge in [0.25, 0.3) is 0 Å². The molecule has 0 amide bonds. The molecule has 3 nitrogen and oxygen atoms in total. The predicted octanol–water partition coefficient (Wildman–Crippen LogP) is -0.0853. The van der Waals surface area contributed by atoms with Gasteiger partial charge in [0.15, 0.2) is 13.2 Å². The summed E-state index contributed by atoms with van der Waals surface area (Å²) >= 11 is 0. The third kappa shape index (κ3) is 1.38. The monoisotopic (exact) mass is 125 g/mol. The van der Waals surface area contributed by atoms with Crippen LogP contribution in [0.1, 0.15) is 0 Å². The highest BCUT2D eigenvalue weighted by Gasteiger charge is 1.92. The van der Waals surface area contributed by atoms with E-state index < -0.39 is 0 Å².